The molecule has 0 spiro atoms. The van der Waals surface area contributed by atoms with E-state index in [9.17, 15) is 17.6 Å². The maximum absolute atomic E-state index is 13.0. The Morgan fingerprint density at radius 2 is 1.82 bits per heavy atom. The van der Waals surface area contributed by atoms with Crippen LogP contribution in [0.25, 0.3) is 0 Å². The summed E-state index contributed by atoms with van der Waals surface area (Å²) in [6.45, 7) is 0.790. The Morgan fingerprint density at radius 3 is 2.35 bits per heavy atom. The van der Waals surface area contributed by atoms with Crippen molar-refractivity contribution in [3.63, 3.8) is 0 Å². The average molecular weight is 249 g/mol. The molecule has 0 amide bonds. The van der Waals surface area contributed by atoms with Crippen molar-refractivity contribution in [1.82, 2.24) is 4.90 Å². The quantitative estimate of drug-likeness (QED) is 0.740. The van der Waals surface area contributed by atoms with Crippen LogP contribution >= 0.6 is 0 Å². The van der Waals surface area contributed by atoms with E-state index in [-0.39, 0.29) is 0 Å². The van der Waals surface area contributed by atoms with E-state index >= 15 is 0 Å². The molecule has 96 valence electrons. The molecule has 0 aliphatic rings. The number of nitrogens with zero attached hydrogens (tertiary/aromatic N) is 1. The third kappa shape index (κ3) is 4.34. The predicted molar refractivity (Wildman–Crippen MR) is 58.3 cm³/mol. The standard InChI is InChI=1S/C12H15F4N/c1-17(2)7-3-4-9-5-6-11(13)10(8-9)12(14,15)16/h5-6,8H,3-4,7H2,1-2H3. The van der Waals surface area contributed by atoms with E-state index in [1.165, 1.54) is 6.07 Å². The van der Waals surface area contributed by atoms with Crippen LogP contribution in [0, 0.1) is 5.82 Å². The molecular formula is C12H15F4N. The lowest BCUT2D eigenvalue weighted by atomic mass is 10.1. The first-order valence-corrected chi connectivity index (χ1v) is 5.31. The molecule has 1 rings (SSSR count). The molecule has 5 heteroatoms. The van der Waals surface area contributed by atoms with Crippen molar-refractivity contribution in [2.24, 2.45) is 0 Å². The summed E-state index contributed by atoms with van der Waals surface area (Å²) in [5, 5.41) is 0. The van der Waals surface area contributed by atoms with Gasteiger partial charge in [-0.3, -0.25) is 0 Å². The van der Waals surface area contributed by atoms with Gasteiger partial charge < -0.3 is 4.90 Å². The summed E-state index contributed by atoms with van der Waals surface area (Å²) in [5.41, 5.74) is -0.666. The van der Waals surface area contributed by atoms with E-state index in [0.29, 0.717) is 12.0 Å². The highest BCUT2D eigenvalue weighted by molar-refractivity contribution is 5.27. The number of aryl methyl sites for hydroxylation is 1. The maximum Gasteiger partial charge on any atom is 0.419 e. The summed E-state index contributed by atoms with van der Waals surface area (Å²) in [4.78, 5) is 1.95. The van der Waals surface area contributed by atoms with Gasteiger partial charge in [0.05, 0.1) is 5.56 Å². The van der Waals surface area contributed by atoms with Crippen molar-refractivity contribution in [1.29, 1.82) is 0 Å². The van der Waals surface area contributed by atoms with Gasteiger partial charge in [0, 0.05) is 0 Å². The van der Waals surface area contributed by atoms with Gasteiger partial charge in [-0.2, -0.15) is 13.2 Å². The van der Waals surface area contributed by atoms with E-state index in [1.54, 1.807) is 0 Å². The second kappa shape index (κ2) is 5.49. The van der Waals surface area contributed by atoms with Crippen molar-refractivity contribution in [2.45, 2.75) is 19.0 Å². The third-order valence-corrected chi connectivity index (χ3v) is 2.41. The van der Waals surface area contributed by atoms with Gasteiger partial charge in [0.2, 0.25) is 0 Å². The summed E-state index contributed by atoms with van der Waals surface area (Å²) in [7, 11) is 3.79. The van der Waals surface area contributed by atoms with Gasteiger partial charge in [-0.1, -0.05) is 6.07 Å². The first kappa shape index (κ1) is 14.0. The minimum Gasteiger partial charge on any atom is -0.309 e. The molecule has 17 heavy (non-hydrogen) atoms. The summed E-state index contributed by atoms with van der Waals surface area (Å²) < 4.78 is 50.3. The monoisotopic (exact) mass is 249 g/mol. The highest BCUT2D eigenvalue weighted by Crippen LogP contribution is 2.32. The zero-order valence-electron chi connectivity index (χ0n) is 9.81. The minimum absolute atomic E-state index is 0.514. The Balaban J connectivity index is 2.76. The van der Waals surface area contributed by atoms with E-state index in [4.69, 9.17) is 0 Å². The van der Waals surface area contributed by atoms with Crippen molar-refractivity contribution in [3.05, 3.63) is 35.1 Å². The Morgan fingerprint density at radius 1 is 1.18 bits per heavy atom. The van der Waals surface area contributed by atoms with Crippen LogP contribution in [-0.2, 0) is 12.6 Å². The van der Waals surface area contributed by atoms with Crippen LogP contribution in [0.4, 0.5) is 17.6 Å². The SMILES string of the molecule is CN(C)CCCc1ccc(F)c(C(F)(F)F)c1. The molecule has 0 bridgehead atoms. The fourth-order valence-corrected chi connectivity index (χ4v) is 1.54. The Labute approximate surface area is 98.0 Å². The lowest BCUT2D eigenvalue weighted by molar-refractivity contribution is -0.140. The van der Waals surface area contributed by atoms with Crippen LogP contribution in [0.5, 0.6) is 0 Å². The first-order chi connectivity index (χ1) is 7.80. The molecule has 1 aromatic carbocycles. The number of rotatable bonds is 4. The van der Waals surface area contributed by atoms with Gasteiger partial charge in [-0.15, -0.1) is 0 Å². The van der Waals surface area contributed by atoms with Gasteiger partial charge >= 0.3 is 6.18 Å². The Bertz CT molecular complexity index is 371. The van der Waals surface area contributed by atoms with Crippen LogP contribution in [0.1, 0.15) is 17.5 Å². The van der Waals surface area contributed by atoms with E-state index in [1.807, 2.05) is 19.0 Å². The van der Waals surface area contributed by atoms with Crippen molar-refractivity contribution >= 4 is 0 Å². The number of halogens is 4. The molecular weight excluding hydrogens is 234 g/mol. The molecule has 0 radical (unpaired) electrons. The molecule has 1 aromatic rings. The topological polar surface area (TPSA) is 3.24 Å². The van der Waals surface area contributed by atoms with Crippen LogP contribution < -0.4 is 0 Å². The van der Waals surface area contributed by atoms with Crippen LogP contribution in [0.2, 0.25) is 0 Å². The van der Waals surface area contributed by atoms with Crippen molar-refractivity contribution < 1.29 is 17.6 Å². The molecule has 0 fully saturated rings. The molecule has 0 saturated heterocycles. The first-order valence-electron chi connectivity index (χ1n) is 5.31. The largest absolute Gasteiger partial charge is 0.419 e. The molecule has 0 aliphatic carbocycles. The lowest BCUT2D eigenvalue weighted by Gasteiger charge is -2.11. The summed E-state index contributed by atoms with van der Waals surface area (Å²) in [5.74, 6) is -1.21. The molecule has 0 unspecified atom stereocenters. The van der Waals surface area contributed by atoms with Gasteiger partial charge in [0.15, 0.2) is 0 Å². The van der Waals surface area contributed by atoms with Crippen molar-refractivity contribution in [2.75, 3.05) is 20.6 Å². The summed E-state index contributed by atoms with van der Waals surface area (Å²) >= 11 is 0. The third-order valence-electron chi connectivity index (χ3n) is 2.41. The van der Waals surface area contributed by atoms with Crippen LogP contribution in [-0.4, -0.2) is 25.5 Å². The highest BCUT2D eigenvalue weighted by atomic mass is 19.4. The van der Waals surface area contributed by atoms with Crippen LogP contribution in [0.3, 0.4) is 0 Å². The molecule has 0 aliphatic heterocycles. The molecule has 0 atom stereocenters. The molecule has 0 saturated carbocycles. The fourth-order valence-electron chi connectivity index (χ4n) is 1.54. The van der Waals surface area contributed by atoms with Gasteiger partial charge in [-0.25, -0.2) is 4.39 Å². The number of hydrogen-bond donors (Lipinski definition) is 0. The van der Waals surface area contributed by atoms with Gasteiger partial charge in [-0.05, 0) is 51.2 Å². The second-order valence-electron chi connectivity index (χ2n) is 4.22. The predicted octanol–water partition coefficient (Wildman–Crippen LogP) is 3.34. The van der Waals surface area contributed by atoms with Crippen LogP contribution in [0.15, 0.2) is 18.2 Å². The van der Waals surface area contributed by atoms with E-state index in [0.717, 1.165) is 25.1 Å². The maximum atomic E-state index is 13.0. The number of benzene rings is 1. The average Bonchev–Trinajstić information content (AvgIpc) is 2.18. The van der Waals surface area contributed by atoms with Gasteiger partial charge in [0.25, 0.3) is 0 Å². The smallest absolute Gasteiger partial charge is 0.309 e. The molecule has 0 N–H and O–H groups in total. The number of alkyl halides is 3. The van der Waals surface area contributed by atoms with Gasteiger partial charge in [0.1, 0.15) is 5.82 Å². The van der Waals surface area contributed by atoms with E-state index in [2.05, 4.69) is 0 Å². The normalized spacial score (nSPS) is 12.2. The Kier molecular flexibility index (Phi) is 4.51. The summed E-state index contributed by atoms with van der Waals surface area (Å²) in [6.07, 6.45) is -3.36. The fraction of sp³-hybridized carbons (Fsp3) is 0.500. The zero-order chi connectivity index (χ0) is 13.1. The molecule has 0 heterocycles. The number of hydrogen-bond acceptors (Lipinski definition) is 1. The molecule has 0 aromatic heterocycles. The van der Waals surface area contributed by atoms with E-state index < -0.39 is 17.6 Å². The minimum atomic E-state index is -4.62. The zero-order valence-corrected chi connectivity index (χ0v) is 9.81. The lowest BCUT2D eigenvalue weighted by Crippen LogP contribution is -2.14. The second-order valence-corrected chi connectivity index (χ2v) is 4.22. The highest BCUT2D eigenvalue weighted by Gasteiger charge is 2.34. The van der Waals surface area contributed by atoms with Crippen molar-refractivity contribution in [3.8, 4) is 0 Å². The Hall–Kier alpha value is -1.10. The summed E-state index contributed by atoms with van der Waals surface area (Å²) in [6, 6.07) is 3.18. The molecule has 1 nitrogen and oxygen atoms in total.